The summed E-state index contributed by atoms with van der Waals surface area (Å²) in [5.74, 6) is 5.56. The van der Waals surface area contributed by atoms with Gasteiger partial charge < -0.3 is 14.8 Å². The second-order valence-electron chi connectivity index (χ2n) is 5.28. The van der Waals surface area contributed by atoms with Gasteiger partial charge in [-0.05, 0) is 37.3 Å². The molecule has 0 aliphatic heterocycles. The third-order valence-corrected chi connectivity index (χ3v) is 3.37. The molecular weight excluding hydrogens is 359 g/mol. The van der Waals surface area contributed by atoms with Gasteiger partial charge in [-0.1, -0.05) is 30.0 Å². The molecule has 27 heavy (non-hydrogen) atoms. The Morgan fingerprint density at radius 2 is 1.85 bits per heavy atom. The number of benzene rings is 2. The number of carbonyl (C=O) groups is 1. The Kier molecular flexibility index (Phi) is 7.12. The number of ether oxygens (including phenoxy) is 2. The molecule has 0 spiro atoms. The summed E-state index contributed by atoms with van der Waals surface area (Å²) >= 11 is 0. The van der Waals surface area contributed by atoms with Crippen LogP contribution in [0.3, 0.4) is 0 Å². The van der Waals surface area contributed by atoms with E-state index >= 15 is 0 Å². The highest BCUT2D eigenvalue weighted by atomic mass is 19.4. The number of hydrogen-bond acceptors (Lipinski definition) is 3. The van der Waals surface area contributed by atoms with E-state index < -0.39 is 11.7 Å². The van der Waals surface area contributed by atoms with Gasteiger partial charge in [0.15, 0.2) is 0 Å². The Balaban J connectivity index is 1.82. The third-order valence-electron chi connectivity index (χ3n) is 3.37. The zero-order chi connectivity index (χ0) is 19.7. The molecule has 0 aliphatic carbocycles. The third kappa shape index (κ3) is 6.26. The molecule has 0 saturated carbocycles. The van der Waals surface area contributed by atoms with E-state index in [4.69, 9.17) is 9.47 Å². The van der Waals surface area contributed by atoms with Crippen LogP contribution < -0.4 is 14.8 Å². The lowest BCUT2D eigenvalue weighted by atomic mass is 10.2. The first kappa shape index (κ1) is 20.2. The van der Waals surface area contributed by atoms with Gasteiger partial charge in [0.05, 0.1) is 24.3 Å². The van der Waals surface area contributed by atoms with Crippen molar-refractivity contribution in [2.75, 3.05) is 19.8 Å². The van der Waals surface area contributed by atoms with Crippen LogP contribution in [0.5, 0.6) is 11.5 Å². The highest BCUT2D eigenvalue weighted by Gasteiger charge is 2.30. The summed E-state index contributed by atoms with van der Waals surface area (Å²) < 4.78 is 48.4. The van der Waals surface area contributed by atoms with Gasteiger partial charge in [-0.2, -0.15) is 13.2 Å². The van der Waals surface area contributed by atoms with Crippen LogP contribution in [0, 0.1) is 11.8 Å². The molecule has 0 fully saturated rings. The largest absolute Gasteiger partial charge is 0.493 e. The van der Waals surface area contributed by atoms with Crippen molar-refractivity contribution in [3.8, 4) is 23.3 Å². The van der Waals surface area contributed by atoms with Crippen molar-refractivity contribution in [2.24, 2.45) is 0 Å². The van der Waals surface area contributed by atoms with Gasteiger partial charge in [0, 0.05) is 0 Å². The normalized spacial score (nSPS) is 10.5. The maximum absolute atomic E-state index is 12.6. The van der Waals surface area contributed by atoms with Gasteiger partial charge in [-0.3, -0.25) is 4.79 Å². The molecule has 0 aromatic heterocycles. The lowest BCUT2D eigenvalue weighted by Gasteiger charge is -2.09. The molecule has 2 aromatic carbocycles. The molecule has 2 aromatic rings. The first-order valence-corrected chi connectivity index (χ1v) is 8.17. The van der Waals surface area contributed by atoms with Crippen LogP contribution in [-0.4, -0.2) is 25.7 Å². The van der Waals surface area contributed by atoms with Gasteiger partial charge in [-0.25, -0.2) is 0 Å². The Morgan fingerprint density at radius 3 is 2.59 bits per heavy atom. The monoisotopic (exact) mass is 377 g/mol. The van der Waals surface area contributed by atoms with Crippen LogP contribution >= 0.6 is 0 Å². The molecule has 1 N–H and O–H groups in total. The standard InChI is InChI=1S/C20H18F3NO3/c1-2-26-18-11-4-3-10-17(18)19(25)24-12-5-6-13-27-16-9-7-8-15(14-16)20(21,22)23/h3-4,7-11,14H,2,12-13H2,1H3,(H,24,25). The van der Waals surface area contributed by atoms with Crippen LogP contribution in [0.25, 0.3) is 0 Å². The van der Waals surface area contributed by atoms with Crippen LogP contribution in [-0.2, 0) is 6.18 Å². The molecular formula is C20H18F3NO3. The highest BCUT2D eigenvalue weighted by Crippen LogP contribution is 2.31. The number of hydrogen-bond donors (Lipinski definition) is 1. The molecule has 7 heteroatoms. The van der Waals surface area contributed by atoms with E-state index in [0.29, 0.717) is 17.9 Å². The molecule has 0 saturated heterocycles. The molecule has 1 amide bonds. The zero-order valence-corrected chi connectivity index (χ0v) is 14.6. The van der Waals surface area contributed by atoms with Gasteiger partial charge in [0.25, 0.3) is 5.91 Å². The second kappa shape index (κ2) is 9.53. The number of nitrogens with one attached hydrogen (secondary N) is 1. The predicted octanol–water partition coefficient (Wildman–Crippen LogP) is 3.92. The Morgan fingerprint density at radius 1 is 1.07 bits per heavy atom. The summed E-state index contributed by atoms with van der Waals surface area (Å²) in [6, 6.07) is 11.4. The van der Waals surface area contributed by atoms with E-state index in [1.807, 2.05) is 6.92 Å². The topological polar surface area (TPSA) is 47.6 Å². The number of amides is 1. The predicted molar refractivity (Wildman–Crippen MR) is 94.7 cm³/mol. The van der Waals surface area contributed by atoms with Crippen molar-refractivity contribution in [3.05, 3.63) is 59.7 Å². The molecule has 2 rings (SSSR count). The van der Waals surface area contributed by atoms with E-state index in [1.54, 1.807) is 24.3 Å². The van der Waals surface area contributed by atoms with Gasteiger partial charge in [0.1, 0.15) is 18.1 Å². The quantitative estimate of drug-likeness (QED) is 0.777. The first-order valence-electron chi connectivity index (χ1n) is 8.17. The summed E-state index contributed by atoms with van der Waals surface area (Å²) in [6.45, 7) is 2.25. The fraction of sp³-hybridized carbons (Fsp3) is 0.250. The van der Waals surface area contributed by atoms with Crippen molar-refractivity contribution < 1.29 is 27.4 Å². The number of halogens is 3. The van der Waals surface area contributed by atoms with Crippen LogP contribution in [0.2, 0.25) is 0 Å². The van der Waals surface area contributed by atoms with Gasteiger partial charge >= 0.3 is 6.18 Å². The summed E-state index contributed by atoms with van der Waals surface area (Å²) in [4.78, 5) is 12.1. The van der Waals surface area contributed by atoms with Crippen LogP contribution in [0.4, 0.5) is 13.2 Å². The van der Waals surface area contributed by atoms with Crippen molar-refractivity contribution >= 4 is 5.91 Å². The number of alkyl halides is 3. The van der Waals surface area contributed by atoms with Crippen molar-refractivity contribution in [1.82, 2.24) is 5.32 Å². The summed E-state index contributed by atoms with van der Waals surface area (Å²) in [5, 5.41) is 2.63. The first-order chi connectivity index (χ1) is 12.9. The number of carbonyl (C=O) groups excluding carboxylic acids is 1. The fourth-order valence-electron chi connectivity index (χ4n) is 2.15. The average Bonchev–Trinajstić information content (AvgIpc) is 2.64. The molecule has 0 radical (unpaired) electrons. The highest BCUT2D eigenvalue weighted by molar-refractivity contribution is 5.97. The second-order valence-corrected chi connectivity index (χ2v) is 5.28. The van der Waals surface area contributed by atoms with Crippen LogP contribution in [0.15, 0.2) is 48.5 Å². The van der Waals surface area contributed by atoms with E-state index in [9.17, 15) is 18.0 Å². The minimum absolute atomic E-state index is 0.0746. The van der Waals surface area contributed by atoms with Crippen LogP contribution in [0.1, 0.15) is 22.8 Å². The van der Waals surface area contributed by atoms with Gasteiger partial charge in [0.2, 0.25) is 0 Å². The molecule has 142 valence electrons. The Labute approximate surface area is 155 Å². The maximum Gasteiger partial charge on any atom is 0.416 e. The van der Waals surface area contributed by atoms with Crippen molar-refractivity contribution in [1.29, 1.82) is 0 Å². The fourth-order valence-corrected chi connectivity index (χ4v) is 2.15. The summed E-state index contributed by atoms with van der Waals surface area (Å²) in [6.07, 6.45) is -4.42. The van der Waals surface area contributed by atoms with E-state index in [-0.39, 0.29) is 24.8 Å². The summed E-state index contributed by atoms with van der Waals surface area (Å²) in [5.41, 5.74) is -0.380. The SMILES string of the molecule is CCOc1ccccc1C(=O)NCC#CCOc1cccc(C(F)(F)F)c1. The zero-order valence-electron chi connectivity index (χ0n) is 14.6. The maximum atomic E-state index is 12.6. The van der Waals surface area contributed by atoms with E-state index in [2.05, 4.69) is 17.2 Å². The lowest BCUT2D eigenvalue weighted by Crippen LogP contribution is -2.24. The molecule has 0 unspecified atom stereocenters. The van der Waals surface area contributed by atoms with Crippen molar-refractivity contribution in [3.63, 3.8) is 0 Å². The van der Waals surface area contributed by atoms with E-state index in [0.717, 1.165) is 12.1 Å². The molecule has 0 atom stereocenters. The average molecular weight is 377 g/mol. The van der Waals surface area contributed by atoms with E-state index in [1.165, 1.54) is 12.1 Å². The molecule has 0 heterocycles. The summed E-state index contributed by atoms with van der Waals surface area (Å²) in [7, 11) is 0. The Bertz CT molecular complexity index is 838. The molecule has 0 aliphatic rings. The molecule has 4 nitrogen and oxygen atoms in total. The Hall–Kier alpha value is -3.14. The number of para-hydroxylation sites is 1. The number of rotatable bonds is 6. The van der Waals surface area contributed by atoms with Gasteiger partial charge in [-0.15, -0.1) is 0 Å². The smallest absolute Gasteiger partial charge is 0.416 e. The minimum atomic E-state index is -4.42. The molecule has 0 bridgehead atoms. The van der Waals surface area contributed by atoms with Crippen molar-refractivity contribution in [2.45, 2.75) is 13.1 Å². The lowest BCUT2D eigenvalue weighted by molar-refractivity contribution is -0.137. The minimum Gasteiger partial charge on any atom is -0.493 e.